The minimum atomic E-state index is -0.760. The highest BCUT2D eigenvalue weighted by Crippen LogP contribution is 2.49. The van der Waals surface area contributed by atoms with Crippen molar-refractivity contribution in [1.29, 1.82) is 0 Å². The number of carboxylic acid groups (broad SMARTS) is 1. The van der Waals surface area contributed by atoms with Crippen LogP contribution >= 0.6 is 0 Å². The van der Waals surface area contributed by atoms with Crippen molar-refractivity contribution in [1.82, 2.24) is 14.7 Å². The van der Waals surface area contributed by atoms with Crippen molar-refractivity contribution < 1.29 is 14.7 Å². The highest BCUT2D eigenvalue weighted by Gasteiger charge is 2.55. The molecule has 2 amide bonds. The molecule has 1 aromatic heterocycles. The van der Waals surface area contributed by atoms with Crippen LogP contribution in [-0.4, -0.2) is 44.9 Å². The number of amides is 2. The molecule has 1 saturated carbocycles. The number of urea groups is 1. The number of likely N-dealkylation sites (tertiary alicyclic amines) is 1. The zero-order valence-corrected chi connectivity index (χ0v) is 16.9. The van der Waals surface area contributed by atoms with Gasteiger partial charge in [-0.3, -0.25) is 9.48 Å². The lowest BCUT2D eigenvalue weighted by atomic mass is 9.81. The molecular formula is C20H32N4O3. The summed E-state index contributed by atoms with van der Waals surface area (Å²) in [4.78, 5) is 26.4. The van der Waals surface area contributed by atoms with E-state index in [9.17, 15) is 14.7 Å². The van der Waals surface area contributed by atoms with Crippen LogP contribution in [0.2, 0.25) is 0 Å². The maximum Gasteiger partial charge on any atom is 0.321 e. The molecule has 2 fully saturated rings. The molecule has 0 unspecified atom stereocenters. The Morgan fingerprint density at radius 1 is 1.37 bits per heavy atom. The zero-order valence-electron chi connectivity index (χ0n) is 16.9. The van der Waals surface area contributed by atoms with Crippen molar-refractivity contribution in [2.24, 2.45) is 17.3 Å². The van der Waals surface area contributed by atoms with E-state index in [2.05, 4.69) is 38.1 Å². The Morgan fingerprint density at radius 3 is 2.70 bits per heavy atom. The summed E-state index contributed by atoms with van der Waals surface area (Å²) in [5, 5.41) is 17.2. The van der Waals surface area contributed by atoms with E-state index in [4.69, 9.17) is 0 Å². The van der Waals surface area contributed by atoms with E-state index in [-0.39, 0.29) is 17.9 Å². The number of aryl methyl sites for hydroxylation is 1. The van der Waals surface area contributed by atoms with Gasteiger partial charge in [0.25, 0.3) is 0 Å². The minimum Gasteiger partial charge on any atom is -0.481 e. The van der Waals surface area contributed by atoms with Crippen molar-refractivity contribution in [2.45, 2.75) is 65.8 Å². The number of rotatable bonds is 6. The fourth-order valence-corrected chi connectivity index (χ4v) is 4.65. The van der Waals surface area contributed by atoms with E-state index in [1.807, 2.05) is 4.68 Å². The predicted octanol–water partition coefficient (Wildman–Crippen LogP) is 3.77. The van der Waals surface area contributed by atoms with Crippen molar-refractivity contribution in [2.75, 3.05) is 18.4 Å². The molecule has 7 heteroatoms. The number of hydrogen-bond donors (Lipinski definition) is 2. The van der Waals surface area contributed by atoms with Crippen LogP contribution in [0.5, 0.6) is 0 Å². The van der Waals surface area contributed by atoms with E-state index < -0.39 is 11.4 Å². The van der Waals surface area contributed by atoms with Crippen molar-refractivity contribution in [3.05, 3.63) is 11.9 Å². The predicted molar refractivity (Wildman–Crippen MR) is 104 cm³/mol. The van der Waals surface area contributed by atoms with E-state index >= 15 is 0 Å². The molecular weight excluding hydrogens is 344 g/mol. The molecule has 1 aliphatic carbocycles. The van der Waals surface area contributed by atoms with Crippen molar-refractivity contribution in [3.63, 3.8) is 0 Å². The third-order valence-corrected chi connectivity index (χ3v) is 6.17. The normalized spacial score (nSPS) is 24.7. The smallest absolute Gasteiger partial charge is 0.321 e. The molecule has 3 rings (SSSR count). The molecule has 2 heterocycles. The molecule has 1 saturated heterocycles. The number of anilines is 1. The van der Waals surface area contributed by atoms with Gasteiger partial charge in [-0.25, -0.2) is 4.79 Å². The first-order valence-electron chi connectivity index (χ1n) is 10.1. The third kappa shape index (κ3) is 3.69. The molecule has 0 bridgehead atoms. The lowest BCUT2D eigenvalue weighted by molar-refractivity contribution is -0.149. The Hall–Kier alpha value is -2.05. The second-order valence-electron chi connectivity index (χ2n) is 8.86. The molecule has 2 atom stereocenters. The van der Waals surface area contributed by atoms with Gasteiger partial charge in [-0.15, -0.1) is 0 Å². The molecule has 0 aromatic carbocycles. The minimum absolute atomic E-state index is 0.0686. The van der Waals surface area contributed by atoms with Crippen LogP contribution < -0.4 is 5.32 Å². The van der Waals surface area contributed by atoms with E-state index in [1.54, 1.807) is 11.1 Å². The van der Waals surface area contributed by atoms with Gasteiger partial charge >= 0.3 is 12.0 Å². The molecule has 1 aliphatic heterocycles. The summed E-state index contributed by atoms with van der Waals surface area (Å²) in [6.07, 6.45) is 5.25. The Kier molecular flexibility index (Phi) is 5.49. The number of aromatic nitrogens is 2. The third-order valence-electron chi connectivity index (χ3n) is 6.17. The Morgan fingerprint density at radius 2 is 2.11 bits per heavy atom. The van der Waals surface area contributed by atoms with Gasteiger partial charge in [0, 0.05) is 19.6 Å². The summed E-state index contributed by atoms with van der Waals surface area (Å²) in [5.41, 5.74) is 1.01. The molecule has 1 aromatic rings. The number of nitrogens with one attached hydrogen (secondary N) is 1. The molecule has 7 nitrogen and oxygen atoms in total. The summed E-state index contributed by atoms with van der Waals surface area (Å²) in [6, 6.07) is -0.213. The number of hydrogen-bond acceptors (Lipinski definition) is 3. The fourth-order valence-electron chi connectivity index (χ4n) is 4.65. The number of aliphatic carboxylic acids is 1. The average molecular weight is 377 g/mol. The van der Waals surface area contributed by atoms with Crippen LogP contribution in [0, 0.1) is 17.3 Å². The lowest BCUT2D eigenvalue weighted by Gasteiger charge is -2.23. The Bertz CT molecular complexity index is 712. The lowest BCUT2D eigenvalue weighted by Crippen LogP contribution is -2.38. The molecule has 0 radical (unpaired) electrons. The molecule has 2 aliphatic rings. The molecule has 27 heavy (non-hydrogen) atoms. The monoisotopic (exact) mass is 376 g/mol. The van der Waals surface area contributed by atoms with Gasteiger partial charge < -0.3 is 15.3 Å². The second kappa shape index (κ2) is 7.52. The highest BCUT2D eigenvalue weighted by molar-refractivity contribution is 5.91. The topological polar surface area (TPSA) is 87.5 Å². The first-order chi connectivity index (χ1) is 12.7. The van der Waals surface area contributed by atoms with Crippen LogP contribution in [-0.2, 0) is 11.3 Å². The number of carboxylic acids is 1. The average Bonchev–Trinajstić information content (AvgIpc) is 3.24. The van der Waals surface area contributed by atoms with E-state index in [0.717, 1.165) is 37.2 Å². The SMILES string of the molecule is CC(C)CCn1ncc(NC(=O)N2C[C@@H]3CCC[C@@]3(C(=O)O)C2)c1C(C)C. The number of carbonyl (C=O) groups excluding carboxylic acids is 1. The van der Waals surface area contributed by atoms with Gasteiger partial charge in [0.15, 0.2) is 0 Å². The van der Waals surface area contributed by atoms with Crippen LogP contribution in [0.3, 0.4) is 0 Å². The maximum atomic E-state index is 12.8. The number of fused-ring (bicyclic) bond motifs is 1. The van der Waals surface area contributed by atoms with Crippen LogP contribution in [0.4, 0.5) is 10.5 Å². The molecule has 0 spiro atoms. The van der Waals surface area contributed by atoms with Gasteiger partial charge in [-0.1, -0.05) is 34.1 Å². The standard InChI is InChI=1S/C20H32N4O3/c1-13(2)7-9-24-17(14(3)4)16(10-21-24)22-19(27)23-11-15-6-5-8-20(15,12-23)18(25)26/h10,13-15H,5-9,11-12H2,1-4H3,(H,22,27)(H,25,26)/t15-,20+/m0/s1. The zero-order chi connectivity index (χ0) is 19.8. The van der Waals surface area contributed by atoms with Crippen molar-refractivity contribution >= 4 is 17.7 Å². The van der Waals surface area contributed by atoms with Crippen LogP contribution in [0.1, 0.15) is 65.0 Å². The number of carbonyl (C=O) groups is 2. The first kappa shape index (κ1) is 19.7. The Labute approximate surface area is 161 Å². The van der Waals surface area contributed by atoms with Crippen LogP contribution in [0.25, 0.3) is 0 Å². The van der Waals surface area contributed by atoms with E-state index in [0.29, 0.717) is 25.4 Å². The van der Waals surface area contributed by atoms with Crippen LogP contribution in [0.15, 0.2) is 6.20 Å². The summed E-state index contributed by atoms with van der Waals surface area (Å²) in [5.74, 6) is 0.130. The molecule has 2 N–H and O–H groups in total. The highest BCUT2D eigenvalue weighted by atomic mass is 16.4. The number of nitrogens with zero attached hydrogens (tertiary/aromatic N) is 3. The molecule has 150 valence electrons. The van der Waals surface area contributed by atoms with Gasteiger partial charge in [-0.2, -0.15) is 5.10 Å². The largest absolute Gasteiger partial charge is 0.481 e. The summed E-state index contributed by atoms with van der Waals surface area (Å²) < 4.78 is 1.98. The fraction of sp³-hybridized carbons (Fsp3) is 0.750. The second-order valence-corrected chi connectivity index (χ2v) is 8.86. The van der Waals surface area contributed by atoms with Crippen molar-refractivity contribution in [3.8, 4) is 0 Å². The summed E-state index contributed by atoms with van der Waals surface area (Å²) >= 11 is 0. The maximum absolute atomic E-state index is 12.8. The Balaban J connectivity index is 1.72. The van der Waals surface area contributed by atoms with Gasteiger partial charge in [0.2, 0.25) is 0 Å². The summed E-state index contributed by atoms with van der Waals surface area (Å²) in [7, 11) is 0. The van der Waals surface area contributed by atoms with Gasteiger partial charge in [0.05, 0.1) is 23.0 Å². The van der Waals surface area contributed by atoms with Gasteiger partial charge in [0.1, 0.15) is 0 Å². The van der Waals surface area contributed by atoms with Gasteiger partial charge in [-0.05, 0) is 37.0 Å². The summed E-state index contributed by atoms with van der Waals surface area (Å²) in [6.45, 7) is 10.2. The van der Waals surface area contributed by atoms with E-state index in [1.165, 1.54) is 0 Å². The quantitative estimate of drug-likeness (QED) is 0.791. The first-order valence-corrected chi connectivity index (χ1v) is 10.1.